The van der Waals surface area contributed by atoms with Crippen LogP contribution in [0.2, 0.25) is 0 Å². The maximum absolute atomic E-state index is 12.9. The number of hydrogen-bond donors (Lipinski definition) is 1. The van der Waals surface area contributed by atoms with Gasteiger partial charge in [0.15, 0.2) is 0 Å². The molecule has 1 aliphatic heterocycles. The van der Waals surface area contributed by atoms with Gasteiger partial charge in [-0.05, 0) is 42.1 Å². The Balaban J connectivity index is 2.23. The second-order valence-corrected chi connectivity index (χ2v) is 7.47. The molecule has 0 saturated carbocycles. The first-order chi connectivity index (χ1) is 13.9. The van der Waals surface area contributed by atoms with Crippen LogP contribution in [0.3, 0.4) is 0 Å². The summed E-state index contributed by atoms with van der Waals surface area (Å²) in [5.74, 6) is -0.834. The van der Waals surface area contributed by atoms with Gasteiger partial charge in [-0.1, -0.05) is 0 Å². The number of benzene rings is 1. The molecule has 1 aromatic heterocycles. The maximum Gasteiger partial charge on any atom is 0.295 e. The maximum atomic E-state index is 12.9. The number of amides is 1. The van der Waals surface area contributed by atoms with Crippen molar-refractivity contribution in [2.45, 2.75) is 13.0 Å². The zero-order valence-corrected chi connectivity index (χ0v) is 17.5. The minimum Gasteiger partial charge on any atom is -0.507 e. The molecule has 1 N–H and O–H groups in total. The summed E-state index contributed by atoms with van der Waals surface area (Å²) in [5, 5.41) is 13.1. The minimum absolute atomic E-state index is 0.0307. The van der Waals surface area contributed by atoms with Crippen molar-refractivity contribution in [3.63, 3.8) is 0 Å². The molecule has 0 aliphatic carbocycles. The molecule has 0 radical (unpaired) electrons. The zero-order valence-electron chi connectivity index (χ0n) is 16.7. The predicted octanol–water partition coefficient (Wildman–Crippen LogP) is 3.14. The first-order valence-electron chi connectivity index (χ1n) is 8.98. The molecule has 2 heterocycles. The van der Waals surface area contributed by atoms with Crippen LogP contribution >= 0.6 is 11.3 Å². The van der Waals surface area contributed by atoms with E-state index < -0.39 is 17.7 Å². The summed E-state index contributed by atoms with van der Waals surface area (Å²) in [6.45, 7) is 2.42. The molecule has 1 aliphatic rings. The largest absolute Gasteiger partial charge is 0.507 e. The van der Waals surface area contributed by atoms with Gasteiger partial charge in [0.1, 0.15) is 17.3 Å². The van der Waals surface area contributed by atoms with Gasteiger partial charge in [0.2, 0.25) is 0 Å². The lowest BCUT2D eigenvalue weighted by Crippen LogP contribution is -2.32. The quantitative estimate of drug-likeness (QED) is 0.423. The highest BCUT2D eigenvalue weighted by Crippen LogP contribution is 2.43. The predicted molar refractivity (Wildman–Crippen MR) is 109 cm³/mol. The van der Waals surface area contributed by atoms with Crippen LogP contribution in [0.15, 0.2) is 35.2 Å². The summed E-state index contributed by atoms with van der Waals surface area (Å²) >= 11 is 1.43. The van der Waals surface area contributed by atoms with Gasteiger partial charge in [-0.15, -0.1) is 11.3 Å². The van der Waals surface area contributed by atoms with Crippen molar-refractivity contribution in [1.29, 1.82) is 0 Å². The van der Waals surface area contributed by atoms with Crippen LogP contribution in [-0.2, 0) is 14.3 Å². The van der Waals surface area contributed by atoms with Crippen LogP contribution in [0.1, 0.15) is 22.0 Å². The third-order valence-electron chi connectivity index (χ3n) is 4.89. The van der Waals surface area contributed by atoms with Gasteiger partial charge in [0, 0.05) is 18.5 Å². The Hall–Kier alpha value is -2.84. The van der Waals surface area contributed by atoms with E-state index in [0.29, 0.717) is 11.5 Å². The number of aliphatic hydroxyl groups is 1. The molecule has 154 valence electrons. The number of carbonyl (C=O) groups excluding carboxylic acids is 2. The zero-order chi connectivity index (χ0) is 21.1. The molecule has 1 unspecified atom stereocenters. The average molecular weight is 417 g/mol. The summed E-state index contributed by atoms with van der Waals surface area (Å²) in [7, 11) is 4.50. The van der Waals surface area contributed by atoms with Crippen molar-refractivity contribution < 1.29 is 28.9 Å². The van der Waals surface area contributed by atoms with Crippen LogP contribution in [0, 0.1) is 6.92 Å². The van der Waals surface area contributed by atoms with Crippen molar-refractivity contribution in [2.24, 2.45) is 0 Å². The monoisotopic (exact) mass is 417 g/mol. The first-order valence-corrected chi connectivity index (χ1v) is 9.86. The van der Waals surface area contributed by atoms with Crippen LogP contribution in [-0.4, -0.2) is 56.2 Å². The highest BCUT2D eigenvalue weighted by molar-refractivity contribution is 7.10. The number of thiophene rings is 1. The van der Waals surface area contributed by atoms with E-state index in [2.05, 4.69) is 0 Å². The van der Waals surface area contributed by atoms with Gasteiger partial charge in [-0.25, -0.2) is 0 Å². The van der Waals surface area contributed by atoms with E-state index >= 15 is 0 Å². The molecule has 29 heavy (non-hydrogen) atoms. The number of Topliss-reactive ketones (excluding diaryl/α,β-unsaturated/α-hetero) is 1. The Morgan fingerprint density at radius 3 is 2.52 bits per heavy atom. The lowest BCUT2D eigenvalue weighted by atomic mass is 9.98. The molecule has 8 heteroatoms. The molecule has 1 saturated heterocycles. The number of methoxy groups -OCH3 is 3. The van der Waals surface area contributed by atoms with Crippen LogP contribution in [0.25, 0.3) is 5.76 Å². The standard InChI is InChI=1S/C21H23NO6S/c1-12-7-10-29-20(12)17-16(19(24)21(25)22(17)8-9-26-2)18(23)14-11-13(27-3)5-6-15(14)28-4/h5-7,10-11,17,23H,8-9H2,1-4H3/b18-16+. The van der Waals surface area contributed by atoms with Gasteiger partial charge in [0.05, 0.1) is 38.0 Å². The van der Waals surface area contributed by atoms with Crippen LogP contribution in [0.4, 0.5) is 0 Å². The van der Waals surface area contributed by atoms with Gasteiger partial charge in [-0.3, -0.25) is 9.59 Å². The highest BCUT2D eigenvalue weighted by Gasteiger charge is 2.47. The Morgan fingerprint density at radius 2 is 1.93 bits per heavy atom. The SMILES string of the molecule is COCCN1C(=O)C(=O)/C(=C(/O)c2cc(OC)ccc2OC)C1c1sccc1C. The number of likely N-dealkylation sites (tertiary alicyclic amines) is 1. The van der Waals surface area contributed by atoms with Crippen molar-refractivity contribution in [3.8, 4) is 11.5 Å². The van der Waals surface area contributed by atoms with Crippen molar-refractivity contribution in [3.05, 3.63) is 51.2 Å². The Bertz CT molecular complexity index is 964. The molecule has 2 aromatic rings. The average Bonchev–Trinajstić information content (AvgIpc) is 3.26. The highest BCUT2D eigenvalue weighted by atomic mass is 32.1. The third-order valence-corrected chi connectivity index (χ3v) is 5.96. The summed E-state index contributed by atoms with van der Waals surface area (Å²) in [6.07, 6.45) is 0. The second kappa shape index (κ2) is 8.67. The van der Waals surface area contributed by atoms with Crippen LogP contribution in [0.5, 0.6) is 11.5 Å². The fourth-order valence-corrected chi connectivity index (χ4v) is 4.43. The topological polar surface area (TPSA) is 85.3 Å². The molecule has 1 aromatic carbocycles. The first kappa shape index (κ1) is 20.9. The number of ketones is 1. The smallest absolute Gasteiger partial charge is 0.295 e. The Labute approximate surface area is 173 Å². The minimum atomic E-state index is -0.735. The lowest BCUT2D eigenvalue weighted by molar-refractivity contribution is -0.140. The number of nitrogens with zero attached hydrogens (tertiary/aromatic N) is 1. The van der Waals surface area contributed by atoms with Gasteiger partial charge in [0.25, 0.3) is 11.7 Å². The Kier molecular flexibility index (Phi) is 6.24. The van der Waals surface area contributed by atoms with Gasteiger partial charge in [-0.2, -0.15) is 0 Å². The summed E-state index contributed by atoms with van der Waals surface area (Å²) < 4.78 is 15.7. The molecule has 0 spiro atoms. The number of ether oxygens (including phenoxy) is 3. The van der Waals surface area contributed by atoms with E-state index in [0.717, 1.165) is 10.4 Å². The van der Waals surface area contributed by atoms with Crippen molar-refractivity contribution in [2.75, 3.05) is 34.5 Å². The van der Waals surface area contributed by atoms with E-state index in [4.69, 9.17) is 14.2 Å². The van der Waals surface area contributed by atoms with Crippen LogP contribution < -0.4 is 9.47 Å². The fourth-order valence-electron chi connectivity index (χ4n) is 3.38. The van der Waals surface area contributed by atoms with Gasteiger partial charge < -0.3 is 24.2 Å². The van der Waals surface area contributed by atoms with E-state index in [9.17, 15) is 14.7 Å². The van der Waals surface area contributed by atoms with Gasteiger partial charge >= 0.3 is 0 Å². The lowest BCUT2D eigenvalue weighted by Gasteiger charge is -2.24. The van der Waals surface area contributed by atoms with Crippen molar-refractivity contribution >= 4 is 28.8 Å². The third kappa shape index (κ3) is 3.73. The number of aryl methyl sites for hydroxylation is 1. The fraction of sp³-hybridized carbons (Fsp3) is 0.333. The molecule has 0 bridgehead atoms. The molecule has 1 atom stereocenters. The van der Waals surface area contributed by atoms with Crippen molar-refractivity contribution in [1.82, 2.24) is 4.90 Å². The van der Waals surface area contributed by atoms with E-state index in [1.165, 1.54) is 37.6 Å². The molecule has 1 fully saturated rings. The number of carbonyl (C=O) groups is 2. The van der Waals surface area contributed by atoms with E-state index in [1.54, 1.807) is 18.2 Å². The molecular formula is C21H23NO6S. The molecular weight excluding hydrogens is 394 g/mol. The molecule has 7 nitrogen and oxygen atoms in total. The summed E-state index contributed by atoms with van der Waals surface area (Å²) in [5.41, 5.74) is 1.26. The summed E-state index contributed by atoms with van der Waals surface area (Å²) in [4.78, 5) is 28.0. The van der Waals surface area contributed by atoms with E-state index in [1.807, 2.05) is 18.4 Å². The van der Waals surface area contributed by atoms with E-state index in [-0.39, 0.29) is 30.0 Å². The molecule has 1 amide bonds. The summed E-state index contributed by atoms with van der Waals surface area (Å²) in [6, 6.07) is 6.13. The number of aliphatic hydroxyl groups excluding tert-OH is 1. The number of hydrogen-bond acceptors (Lipinski definition) is 7. The second-order valence-electron chi connectivity index (χ2n) is 6.52. The molecule has 3 rings (SSSR count). The number of rotatable bonds is 7. The Morgan fingerprint density at radius 1 is 1.17 bits per heavy atom. The normalized spacial score (nSPS) is 18.3.